The van der Waals surface area contributed by atoms with Gasteiger partial charge in [-0.3, -0.25) is 14.6 Å². The van der Waals surface area contributed by atoms with Crippen LogP contribution in [-0.2, 0) is 11.3 Å². The number of nitrogens with zero attached hydrogens (tertiary/aromatic N) is 1. The number of rotatable bonds is 6. The average molecular weight is 454 g/mol. The number of fused-ring (bicyclic) bond motifs is 1. The van der Waals surface area contributed by atoms with E-state index in [1.54, 1.807) is 36.7 Å². The number of amides is 2. The van der Waals surface area contributed by atoms with E-state index in [-0.39, 0.29) is 46.9 Å². The normalized spacial score (nSPS) is 32.4. The second-order valence-corrected chi connectivity index (χ2v) is 10.2. The molecular weight excluding hydrogens is 418 g/mol. The van der Waals surface area contributed by atoms with Gasteiger partial charge in [-0.25, -0.2) is 0 Å². The predicted octanol–water partition coefficient (Wildman–Crippen LogP) is 3.55. The van der Waals surface area contributed by atoms with Crippen LogP contribution in [0, 0.1) is 29.1 Å². The van der Waals surface area contributed by atoms with Gasteiger partial charge in [0.1, 0.15) is 11.5 Å². The number of aliphatic hydroxyl groups is 1. The highest BCUT2D eigenvalue weighted by atomic mass is 16.3. The Balaban J connectivity index is 1.43. The summed E-state index contributed by atoms with van der Waals surface area (Å²) >= 11 is 0. The van der Waals surface area contributed by atoms with Crippen LogP contribution in [0.5, 0.6) is 0 Å². The fraction of sp³-hybridized carbons (Fsp3) is 0.577. The smallest absolute Gasteiger partial charge is 0.270 e. The molecule has 178 valence electrons. The molecule has 0 radical (unpaired) electrons. The minimum Gasteiger partial charge on any atom is -0.467 e. The van der Waals surface area contributed by atoms with Crippen LogP contribution in [0.4, 0.5) is 0 Å². The van der Waals surface area contributed by atoms with Gasteiger partial charge in [-0.2, -0.15) is 0 Å². The largest absolute Gasteiger partial charge is 0.467 e. The monoisotopic (exact) mass is 453 g/mol. The molecule has 2 fully saturated rings. The number of aromatic nitrogens is 1. The van der Waals surface area contributed by atoms with Crippen molar-refractivity contribution in [2.24, 2.45) is 29.1 Å². The molecule has 4 rings (SSSR count). The summed E-state index contributed by atoms with van der Waals surface area (Å²) in [6, 6.07) is 8.89. The molecule has 3 N–H and O–H groups in total. The molecule has 0 aromatic carbocycles. The third kappa shape index (κ3) is 4.83. The van der Waals surface area contributed by atoms with Crippen LogP contribution in [0.15, 0.2) is 47.2 Å². The molecule has 0 bridgehead atoms. The Bertz CT molecular complexity index is 948. The molecule has 2 amide bonds. The molecule has 33 heavy (non-hydrogen) atoms. The number of nitrogens with one attached hydrogen (secondary N) is 2. The molecule has 7 atom stereocenters. The molecule has 2 aliphatic rings. The highest BCUT2D eigenvalue weighted by Gasteiger charge is 2.53. The number of pyridine rings is 1. The Morgan fingerprint density at radius 1 is 1.24 bits per heavy atom. The average Bonchev–Trinajstić information content (AvgIpc) is 3.33. The number of carbonyl (C=O) groups is 2. The van der Waals surface area contributed by atoms with E-state index in [9.17, 15) is 14.7 Å². The quantitative estimate of drug-likeness (QED) is 0.621. The first-order chi connectivity index (χ1) is 15.8. The zero-order valence-corrected chi connectivity index (χ0v) is 19.7. The van der Waals surface area contributed by atoms with Gasteiger partial charge in [0.25, 0.3) is 5.91 Å². The van der Waals surface area contributed by atoms with Crippen LogP contribution < -0.4 is 10.6 Å². The Morgan fingerprint density at radius 2 is 2.03 bits per heavy atom. The Morgan fingerprint density at radius 3 is 2.73 bits per heavy atom. The van der Waals surface area contributed by atoms with Crippen LogP contribution in [0.2, 0.25) is 0 Å². The maximum Gasteiger partial charge on any atom is 0.270 e. The van der Waals surface area contributed by atoms with Gasteiger partial charge in [0, 0.05) is 18.2 Å². The SMILES string of the molecule is C[C@H]1[C@@H]2[C@@H](O)[C@@H]([C@H](C)C(=O)NCc3ccco3)CC[C@@]2(C)CC[C@@H]1NC(=O)c1ccccn1. The lowest BCUT2D eigenvalue weighted by atomic mass is 9.51. The maximum atomic E-state index is 12.8. The van der Waals surface area contributed by atoms with E-state index in [4.69, 9.17) is 4.42 Å². The van der Waals surface area contributed by atoms with Crippen molar-refractivity contribution in [3.05, 3.63) is 54.2 Å². The van der Waals surface area contributed by atoms with Crippen molar-refractivity contribution in [2.45, 2.75) is 65.1 Å². The molecule has 0 unspecified atom stereocenters. The van der Waals surface area contributed by atoms with Gasteiger partial charge in [-0.15, -0.1) is 0 Å². The van der Waals surface area contributed by atoms with Crippen LogP contribution in [0.25, 0.3) is 0 Å². The highest BCUT2D eigenvalue weighted by Crippen LogP contribution is 2.55. The van der Waals surface area contributed by atoms with Crippen molar-refractivity contribution >= 4 is 11.8 Å². The summed E-state index contributed by atoms with van der Waals surface area (Å²) < 4.78 is 5.30. The lowest BCUT2D eigenvalue weighted by molar-refractivity contribution is -0.142. The van der Waals surface area contributed by atoms with E-state index in [1.165, 1.54) is 0 Å². The third-order valence-electron chi connectivity index (χ3n) is 8.17. The molecule has 2 saturated carbocycles. The van der Waals surface area contributed by atoms with E-state index in [2.05, 4.69) is 29.5 Å². The first-order valence-corrected chi connectivity index (χ1v) is 12.0. The van der Waals surface area contributed by atoms with E-state index in [0.29, 0.717) is 18.0 Å². The minimum absolute atomic E-state index is 0.00588. The van der Waals surface area contributed by atoms with Crippen molar-refractivity contribution in [3.63, 3.8) is 0 Å². The number of hydrogen-bond donors (Lipinski definition) is 3. The van der Waals surface area contributed by atoms with Crippen LogP contribution in [0.1, 0.15) is 62.7 Å². The number of hydrogen-bond acceptors (Lipinski definition) is 5. The summed E-state index contributed by atoms with van der Waals surface area (Å²) in [5.74, 6) is 0.139. The second kappa shape index (κ2) is 9.67. The summed E-state index contributed by atoms with van der Waals surface area (Å²) in [5, 5.41) is 17.6. The molecule has 7 heteroatoms. The number of furan rings is 1. The fourth-order valence-corrected chi connectivity index (χ4v) is 6.18. The summed E-state index contributed by atoms with van der Waals surface area (Å²) in [7, 11) is 0. The third-order valence-corrected chi connectivity index (χ3v) is 8.17. The van der Waals surface area contributed by atoms with Crippen LogP contribution >= 0.6 is 0 Å². The minimum atomic E-state index is -0.599. The number of aliphatic hydroxyl groups excluding tert-OH is 1. The summed E-state index contributed by atoms with van der Waals surface area (Å²) in [5.41, 5.74) is 0.410. The molecule has 2 aromatic rings. The van der Waals surface area contributed by atoms with Crippen molar-refractivity contribution < 1.29 is 19.1 Å². The highest BCUT2D eigenvalue weighted by molar-refractivity contribution is 5.92. The van der Waals surface area contributed by atoms with Crippen LogP contribution in [0.3, 0.4) is 0 Å². The molecule has 0 aliphatic heterocycles. The second-order valence-electron chi connectivity index (χ2n) is 10.2. The van der Waals surface area contributed by atoms with Crippen molar-refractivity contribution in [3.8, 4) is 0 Å². The van der Waals surface area contributed by atoms with Gasteiger partial charge < -0.3 is 20.2 Å². The zero-order valence-electron chi connectivity index (χ0n) is 19.7. The Labute approximate surface area is 195 Å². The van der Waals surface area contributed by atoms with Gasteiger partial charge >= 0.3 is 0 Å². The molecule has 7 nitrogen and oxygen atoms in total. The molecule has 2 aromatic heterocycles. The summed E-state index contributed by atoms with van der Waals surface area (Å²) in [4.78, 5) is 29.7. The van der Waals surface area contributed by atoms with Crippen molar-refractivity contribution in [1.82, 2.24) is 15.6 Å². The van der Waals surface area contributed by atoms with Crippen LogP contribution in [-0.4, -0.2) is 34.1 Å². The Kier molecular flexibility index (Phi) is 6.88. The van der Waals surface area contributed by atoms with Gasteiger partial charge in [-0.1, -0.05) is 26.8 Å². The fourth-order valence-electron chi connectivity index (χ4n) is 6.18. The maximum absolute atomic E-state index is 12.8. The number of carbonyl (C=O) groups excluding carboxylic acids is 2. The van der Waals surface area contributed by atoms with E-state index in [1.807, 2.05) is 13.0 Å². The van der Waals surface area contributed by atoms with Gasteiger partial charge in [-0.05, 0) is 73.1 Å². The lowest BCUT2D eigenvalue weighted by Crippen LogP contribution is -2.58. The standard InChI is InChI=1S/C26H35N3O4/c1-16(24(31)28-15-18-7-6-14-33-18)19-9-11-26(3)12-10-20(17(2)22(26)23(19)30)29-25(32)21-8-4-5-13-27-21/h4-8,13-14,16-17,19-20,22-23,30H,9-12,15H2,1-3H3,(H,28,31)(H,29,32)/t16-,17+,19+,20-,22+,23-,26-/m0/s1. The molecule has 0 spiro atoms. The van der Waals surface area contributed by atoms with E-state index < -0.39 is 6.10 Å². The Hall–Kier alpha value is -2.67. The predicted molar refractivity (Wildman–Crippen MR) is 124 cm³/mol. The zero-order chi connectivity index (χ0) is 23.6. The lowest BCUT2D eigenvalue weighted by Gasteiger charge is -2.56. The van der Waals surface area contributed by atoms with Gasteiger partial charge in [0.05, 0.1) is 18.9 Å². The molecule has 2 aliphatic carbocycles. The first kappa shape index (κ1) is 23.5. The van der Waals surface area contributed by atoms with Crippen molar-refractivity contribution in [1.29, 1.82) is 0 Å². The summed E-state index contributed by atoms with van der Waals surface area (Å²) in [6.45, 7) is 6.63. The first-order valence-electron chi connectivity index (χ1n) is 12.0. The molecule has 2 heterocycles. The van der Waals surface area contributed by atoms with E-state index >= 15 is 0 Å². The van der Waals surface area contributed by atoms with Gasteiger partial charge in [0.2, 0.25) is 5.91 Å². The van der Waals surface area contributed by atoms with Crippen molar-refractivity contribution in [2.75, 3.05) is 0 Å². The van der Waals surface area contributed by atoms with Gasteiger partial charge in [0.15, 0.2) is 0 Å². The molecule has 0 saturated heterocycles. The van der Waals surface area contributed by atoms with E-state index in [0.717, 1.165) is 25.7 Å². The topological polar surface area (TPSA) is 104 Å². The summed E-state index contributed by atoms with van der Waals surface area (Å²) in [6.07, 6.45) is 6.22. The molecular formula is C26H35N3O4.